The second-order valence-electron chi connectivity index (χ2n) is 4.13. The SMILES string of the molecule is Cn1ccc(COc2ccc(/C=C/C(=O)O)cc2Br)n1. The van der Waals surface area contributed by atoms with E-state index in [4.69, 9.17) is 9.84 Å². The van der Waals surface area contributed by atoms with Crippen molar-refractivity contribution in [3.05, 3.63) is 52.3 Å². The monoisotopic (exact) mass is 336 g/mol. The van der Waals surface area contributed by atoms with E-state index in [0.717, 1.165) is 21.8 Å². The van der Waals surface area contributed by atoms with Crippen LogP contribution in [0.2, 0.25) is 0 Å². The Labute approximate surface area is 124 Å². The Bertz CT molecular complexity index is 650. The summed E-state index contributed by atoms with van der Waals surface area (Å²) in [7, 11) is 1.85. The summed E-state index contributed by atoms with van der Waals surface area (Å²) in [5.41, 5.74) is 1.62. The van der Waals surface area contributed by atoms with Gasteiger partial charge in [0.2, 0.25) is 0 Å². The largest absolute Gasteiger partial charge is 0.486 e. The maximum Gasteiger partial charge on any atom is 0.328 e. The highest BCUT2D eigenvalue weighted by Crippen LogP contribution is 2.27. The van der Waals surface area contributed by atoms with Crippen LogP contribution in [0.5, 0.6) is 5.75 Å². The molecule has 0 amide bonds. The molecule has 1 heterocycles. The number of carbonyl (C=O) groups is 1. The molecule has 0 saturated carbocycles. The summed E-state index contributed by atoms with van der Waals surface area (Å²) < 4.78 is 8.13. The number of benzene rings is 1. The Morgan fingerprint density at radius 1 is 1.50 bits per heavy atom. The van der Waals surface area contributed by atoms with E-state index in [-0.39, 0.29) is 0 Å². The van der Waals surface area contributed by atoms with E-state index in [1.807, 2.05) is 19.3 Å². The zero-order valence-corrected chi connectivity index (χ0v) is 12.4. The lowest BCUT2D eigenvalue weighted by Crippen LogP contribution is -1.98. The topological polar surface area (TPSA) is 64.3 Å². The van der Waals surface area contributed by atoms with Crippen molar-refractivity contribution in [2.45, 2.75) is 6.61 Å². The minimum absolute atomic E-state index is 0.379. The maximum absolute atomic E-state index is 10.5. The molecule has 2 rings (SSSR count). The van der Waals surface area contributed by atoms with Crippen molar-refractivity contribution in [1.82, 2.24) is 9.78 Å². The maximum atomic E-state index is 10.5. The van der Waals surface area contributed by atoms with Gasteiger partial charge in [0.25, 0.3) is 0 Å². The molecule has 0 bridgehead atoms. The smallest absolute Gasteiger partial charge is 0.328 e. The van der Waals surface area contributed by atoms with Crippen LogP contribution in [0.25, 0.3) is 6.08 Å². The third kappa shape index (κ3) is 3.96. The van der Waals surface area contributed by atoms with Crippen LogP contribution in [0.1, 0.15) is 11.3 Å². The van der Waals surface area contributed by atoms with Crippen molar-refractivity contribution in [2.75, 3.05) is 0 Å². The average Bonchev–Trinajstić information content (AvgIpc) is 2.81. The number of ether oxygens (including phenoxy) is 1. The van der Waals surface area contributed by atoms with Gasteiger partial charge >= 0.3 is 5.97 Å². The molecule has 5 nitrogen and oxygen atoms in total. The average molecular weight is 337 g/mol. The number of aliphatic carboxylic acids is 1. The van der Waals surface area contributed by atoms with E-state index in [0.29, 0.717) is 12.4 Å². The van der Waals surface area contributed by atoms with Crippen LogP contribution in [-0.4, -0.2) is 20.9 Å². The standard InChI is InChI=1S/C14H13BrN2O3/c1-17-7-6-11(16-17)9-20-13-4-2-10(8-12(13)15)3-5-14(18)19/h2-8H,9H2,1H3,(H,18,19)/b5-3+. The van der Waals surface area contributed by atoms with Gasteiger partial charge in [-0.1, -0.05) is 6.07 Å². The van der Waals surface area contributed by atoms with Crippen LogP contribution in [0, 0.1) is 0 Å². The van der Waals surface area contributed by atoms with Crippen LogP contribution < -0.4 is 4.74 Å². The van der Waals surface area contributed by atoms with Gasteiger partial charge in [-0.25, -0.2) is 4.79 Å². The third-order valence-electron chi connectivity index (χ3n) is 2.52. The van der Waals surface area contributed by atoms with Crippen LogP contribution >= 0.6 is 15.9 Å². The Balaban J connectivity index is 2.04. The molecule has 6 heteroatoms. The van der Waals surface area contributed by atoms with E-state index in [1.54, 1.807) is 22.9 Å². The summed E-state index contributed by atoms with van der Waals surface area (Å²) in [6, 6.07) is 7.26. The molecule has 104 valence electrons. The zero-order chi connectivity index (χ0) is 14.5. The Morgan fingerprint density at radius 3 is 2.90 bits per heavy atom. The fourth-order valence-electron chi connectivity index (χ4n) is 1.60. The zero-order valence-electron chi connectivity index (χ0n) is 10.8. The van der Waals surface area contributed by atoms with E-state index in [2.05, 4.69) is 21.0 Å². The van der Waals surface area contributed by atoms with E-state index < -0.39 is 5.97 Å². The number of halogens is 1. The Hall–Kier alpha value is -2.08. The molecule has 0 spiro atoms. The number of hydrogen-bond acceptors (Lipinski definition) is 3. The second kappa shape index (κ2) is 6.38. The second-order valence-corrected chi connectivity index (χ2v) is 4.99. The van der Waals surface area contributed by atoms with Gasteiger partial charge in [0.1, 0.15) is 12.4 Å². The predicted octanol–water partition coefficient (Wildman–Crippen LogP) is 2.86. The van der Waals surface area contributed by atoms with Crippen molar-refractivity contribution >= 4 is 28.0 Å². The van der Waals surface area contributed by atoms with E-state index in [1.165, 1.54) is 6.08 Å². The van der Waals surface area contributed by atoms with Gasteiger partial charge in [-0.2, -0.15) is 5.10 Å². The highest BCUT2D eigenvalue weighted by Gasteiger charge is 2.04. The van der Waals surface area contributed by atoms with Crippen molar-refractivity contribution in [3.63, 3.8) is 0 Å². The molecule has 0 unspecified atom stereocenters. The minimum Gasteiger partial charge on any atom is -0.486 e. The number of rotatable bonds is 5. The predicted molar refractivity (Wildman–Crippen MR) is 78.4 cm³/mol. The lowest BCUT2D eigenvalue weighted by molar-refractivity contribution is -0.131. The van der Waals surface area contributed by atoms with Gasteiger partial charge in [0, 0.05) is 19.3 Å². The molecular formula is C14H13BrN2O3. The van der Waals surface area contributed by atoms with Gasteiger partial charge in [0.05, 0.1) is 10.2 Å². The Kier molecular flexibility index (Phi) is 4.57. The number of aromatic nitrogens is 2. The van der Waals surface area contributed by atoms with Crippen LogP contribution in [0.3, 0.4) is 0 Å². The van der Waals surface area contributed by atoms with Crippen molar-refractivity contribution in [3.8, 4) is 5.75 Å². The van der Waals surface area contributed by atoms with Crippen molar-refractivity contribution in [1.29, 1.82) is 0 Å². The van der Waals surface area contributed by atoms with Gasteiger partial charge in [-0.3, -0.25) is 4.68 Å². The normalized spacial score (nSPS) is 10.9. The molecule has 0 fully saturated rings. The fraction of sp³-hybridized carbons (Fsp3) is 0.143. The number of nitrogens with zero attached hydrogens (tertiary/aromatic N) is 2. The third-order valence-corrected chi connectivity index (χ3v) is 3.14. The molecule has 0 radical (unpaired) electrons. The highest BCUT2D eigenvalue weighted by atomic mass is 79.9. The Morgan fingerprint density at radius 2 is 2.30 bits per heavy atom. The quantitative estimate of drug-likeness (QED) is 0.852. The first-order valence-electron chi connectivity index (χ1n) is 5.86. The molecule has 2 aromatic rings. The lowest BCUT2D eigenvalue weighted by Gasteiger charge is -2.07. The molecule has 1 aromatic carbocycles. The molecule has 20 heavy (non-hydrogen) atoms. The van der Waals surface area contributed by atoms with Gasteiger partial charge in [0.15, 0.2) is 0 Å². The van der Waals surface area contributed by atoms with E-state index in [9.17, 15) is 4.79 Å². The summed E-state index contributed by atoms with van der Waals surface area (Å²) in [6.07, 6.45) is 4.47. The molecule has 1 N–H and O–H groups in total. The molecule has 0 aliphatic carbocycles. The molecule has 0 atom stereocenters. The summed E-state index contributed by atoms with van der Waals surface area (Å²) in [5.74, 6) is -0.292. The summed E-state index contributed by atoms with van der Waals surface area (Å²) in [4.78, 5) is 10.5. The van der Waals surface area contributed by atoms with Crippen molar-refractivity contribution < 1.29 is 14.6 Å². The van der Waals surface area contributed by atoms with Crippen LogP contribution in [0.15, 0.2) is 41.0 Å². The van der Waals surface area contributed by atoms with Gasteiger partial charge < -0.3 is 9.84 Å². The first-order valence-corrected chi connectivity index (χ1v) is 6.66. The summed E-state index contributed by atoms with van der Waals surface area (Å²) in [5, 5.41) is 12.8. The number of carboxylic acids is 1. The first-order chi connectivity index (χ1) is 9.54. The van der Waals surface area contributed by atoms with Crippen LogP contribution in [-0.2, 0) is 18.4 Å². The fourth-order valence-corrected chi connectivity index (χ4v) is 2.11. The molecule has 0 aliphatic rings. The van der Waals surface area contributed by atoms with E-state index >= 15 is 0 Å². The molecule has 1 aromatic heterocycles. The first kappa shape index (κ1) is 14.3. The summed E-state index contributed by atoms with van der Waals surface area (Å²) in [6.45, 7) is 0.379. The molecule has 0 saturated heterocycles. The number of aryl methyl sites for hydroxylation is 1. The molecular weight excluding hydrogens is 324 g/mol. The van der Waals surface area contributed by atoms with Crippen molar-refractivity contribution in [2.24, 2.45) is 7.05 Å². The number of hydrogen-bond donors (Lipinski definition) is 1. The lowest BCUT2D eigenvalue weighted by atomic mass is 10.2. The molecule has 0 aliphatic heterocycles. The summed E-state index contributed by atoms with van der Waals surface area (Å²) >= 11 is 3.40. The highest BCUT2D eigenvalue weighted by molar-refractivity contribution is 9.10. The van der Waals surface area contributed by atoms with Crippen LogP contribution in [0.4, 0.5) is 0 Å². The van der Waals surface area contributed by atoms with Gasteiger partial charge in [-0.05, 0) is 45.8 Å². The minimum atomic E-state index is -0.975. The van der Waals surface area contributed by atoms with Gasteiger partial charge in [-0.15, -0.1) is 0 Å². The number of carboxylic acid groups (broad SMARTS) is 1.